The van der Waals surface area contributed by atoms with Crippen LogP contribution in [0.3, 0.4) is 0 Å². The van der Waals surface area contributed by atoms with Crippen LogP contribution in [0.5, 0.6) is 5.75 Å². The molecule has 1 saturated heterocycles. The molecule has 1 aliphatic heterocycles. The number of nitrogen functional groups attached to an aromatic ring is 1. The summed E-state index contributed by atoms with van der Waals surface area (Å²) in [6, 6.07) is 7.24. The van der Waals surface area contributed by atoms with Gasteiger partial charge in [-0.3, -0.25) is 4.57 Å². The summed E-state index contributed by atoms with van der Waals surface area (Å²) < 4.78 is 12.2. The number of hydrogen-bond donors (Lipinski definition) is 5. The van der Waals surface area contributed by atoms with Crippen molar-refractivity contribution in [2.45, 2.75) is 24.5 Å². The maximum absolute atomic E-state index is 10.4. The van der Waals surface area contributed by atoms with Gasteiger partial charge in [0.25, 0.3) is 0 Å². The topological polar surface area (TPSA) is 173 Å². The van der Waals surface area contributed by atoms with Gasteiger partial charge in [0, 0.05) is 0 Å². The summed E-state index contributed by atoms with van der Waals surface area (Å²) in [5.41, 5.74) is 10.0. The first-order valence-corrected chi connectivity index (χ1v) is 9.07. The lowest BCUT2D eigenvalue weighted by molar-refractivity contribution is -0.0501. The Bertz CT molecular complexity index is 1060. The van der Waals surface area contributed by atoms with Gasteiger partial charge in [0.1, 0.15) is 30.4 Å². The first-order chi connectivity index (χ1) is 14.5. The van der Waals surface area contributed by atoms with E-state index < -0.39 is 31.1 Å². The minimum Gasteiger partial charge on any atom is -0.497 e. The molecule has 12 nitrogen and oxygen atoms in total. The number of anilines is 2. The van der Waals surface area contributed by atoms with Crippen molar-refractivity contribution in [3.63, 3.8) is 0 Å². The van der Waals surface area contributed by atoms with Gasteiger partial charge in [0.2, 0.25) is 5.95 Å². The normalized spacial score (nSPS) is 24.0. The zero-order chi connectivity index (χ0) is 21.3. The summed E-state index contributed by atoms with van der Waals surface area (Å²) in [6.07, 6.45) is -1.83. The number of ether oxygens (including phenoxy) is 2. The summed E-state index contributed by atoms with van der Waals surface area (Å²) in [5, 5.41) is 34.1. The molecule has 4 unspecified atom stereocenters. The molecular weight excluding hydrogens is 394 g/mol. The molecule has 0 bridgehead atoms. The third-order valence-electron chi connectivity index (χ3n) is 4.77. The molecule has 1 fully saturated rings. The van der Waals surface area contributed by atoms with Crippen LogP contribution in [0, 0.1) is 0 Å². The number of benzene rings is 1. The lowest BCUT2D eigenvalue weighted by atomic mass is 10.1. The minimum absolute atomic E-state index is 0.132. The summed E-state index contributed by atoms with van der Waals surface area (Å²) >= 11 is 0. The van der Waals surface area contributed by atoms with E-state index >= 15 is 0 Å². The Balaban J connectivity index is 1.68. The Morgan fingerprint density at radius 2 is 2.03 bits per heavy atom. The number of nitrogens with two attached hydrogens (primary N) is 1. The molecule has 12 heteroatoms. The zero-order valence-electron chi connectivity index (χ0n) is 16.0. The van der Waals surface area contributed by atoms with E-state index in [4.69, 9.17) is 15.2 Å². The fraction of sp³-hybridized carbons (Fsp3) is 0.333. The Hall–Kier alpha value is -3.32. The standard InChI is InChI=1S/C18H21N7O5/c1-29-10-4-2-9(3-5-10)6-22-24-18-23-12-15(19)20-8-21-16(12)25(18)17-14(28)13(27)11(7-26)30-17/h2-6,8,11,13-14,17,26-28H,7H2,1H3,(H,23,24)(H2,19,20,21)/b22-6+. The van der Waals surface area contributed by atoms with Gasteiger partial charge in [-0.05, 0) is 29.8 Å². The number of aliphatic hydroxyl groups is 3. The van der Waals surface area contributed by atoms with Crippen molar-refractivity contribution >= 4 is 29.1 Å². The Labute approximate surface area is 170 Å². The maximum Gasteiger partial charge on any atom is 0.228 e. The maximum atomic E-state index is 10.4. The largest absolute Gasteiger partial charge is 0.497 e. The molecule has 0 spiro atoms. The van der Waals surface area contributed by atoms with E-state index in [0.717, 1.165) is 11.3 Å². The zero-order valence-corrected chi connectivity index (χ0v) is 16.0. The van der Waals surface area contributed by atoms with Crippen molar-refractivity contribution in [1.82, 2.24) is 19.5 Å². The van der Waals surface area contributed by atoms with Crippen LogP contribution in [0.4, 0.5) is 11.8 Å². The third-order valence-corrected chi connectivity index (χ3v) is 4.77. The highest BCUT2D eigenvalue weighted by atomic mass is 16.6. The van der Waals surface area contributed by atoms with E-state index in [-0.39, 0.29) is 22.9 Å². The predicted octanol–water partition coefficient (Wildman–Crippen LogP) is -0.525. The lowest BCUT2D eigenvalue weighted by Crippen LogP contribution is -2.33. The van der Waals surface area contributed by atoms with E-state index in [1.807, 2.05) is 12.1 Å². The van der Waals surface area contributed by atoms with Gasteiger partial charge >= 0.3 is 0 Å². The van der Waals surface area contributed by atoms with E-state index in [1.165, 1.54) is 10.9 Å². The smallest absolute Gasteiger partial charge is 0.228 e. The van der Waals surface area contributed by atoms with Crippen LogP contribution < -0.4 is 15.9 Å². The summed E-state index contributed by atoms with van der Waals surface area (Å²) in [4.78, 5) is 12.4. The first kappa shape index (κ1) is 20.0. The first-order valence-electron chi connectivity index (χ1n) is 9.07. The number of hydrazone groups is 1. The molecule has 0 amide bonds. The van der Waals surface area contributed by atoms with E-state index in [9.17, 15) is 15.3 Å². The van der Waals surface area contributed by atoms with Crippen LogP contribution in [0.2, 0.25) is 0 Å². The van der Waals surface area contributed by atoms with Crippen molar-refractivity contribution in [2.24, 2.45) is 5.10 Å². The van der Waals surface area contributed by atoms with Crippen LogP contribution in [-0.4, -0.2) is 73.1 Å². The van der Waals surface area contributed by atoms with Gasteiger partial charge in [-0.1, -0.05) is 0 Å². The lowest BCUT2D eigenvalue weighted by Gasteiger charge is -2.18. The predicted molar refractivity (Wildman–Crippen MR) is 107 cm³/mol. The molecule has 3 aromatic rings. The van der Waals surface area contributed by atoms with Gasteiger partial charge in [0.15, 0.2) is 23.2 Å². The van der Waals surface area contributed by atoms with Crippen molar-refractivity contribution < 1.29 is 24.8 Å². The third kappa shape index (κ3) is 3.52. The second-order valence-electron chi connectivity index (χ2n) is 6.61. The quantitative estimate of drug-likeness (QED) is 0.260. The number of fused-ring (bicyclic) bond motifs is 1. The Morgan fingerprint density at radius 3 is 2.70 bits per heavy atom. The molecule has 6 N–H and O–H groups in total. The fourth-order valence-corrected chi connectivity index (χ4v) is 3.19. The van der Waals surface area contributed by atoms with Gasteiger partial charge in [-0.2, -0.15) is 5.10 Å². The van der Waals surface area contributed by atoms with E-state index in [0.29, 0.717) is 0 Å². The van der Waals surface area contributed by atoms with Crippen LogP contribution in [0.1, 0.15) is 11.8 Å². The molecule has 2 aromatic heterocycles. The second-order valence-corrected chi connectivity index (χ2v) is 6.61. The Morgan fingerprint density at radius 1 is 1.27 bits per heavy atom. The molecule has 30 heavy (non-hydrogen) atoms. The highest BCUT2D eigenvalue weighted by Crippen LogP contribution is 2.35. The number of rotatable bonds is 6. The minimum atomic E-state index is -1.33. The number of imidazole rings is 1. The van der Waals surface area contributed by atoms with Crippen molar-refractivity contribution in [1.29, 1.82) is 0 Å². The second kappa shape index (κ2) is 8.20. The molecule has 4 rings (SSSR count). The number of aromatic nitrogens is 4. The van der Waals surface area contributed by atoms with Crippen molar-refractivity contribution in [3.8, 4) is 5.75 Å². The van der Waals surface area contributed by atoms with Gasteiger partial charge in [-0.25, -0.2) is 20.4 Å². The highest BCUT2D eigenvalue weighted by Gasteiger charge is 2.45. The molecule has 4 atom stereocenters. The van der Waals surface area contributed by atoms with E-state index in [2.05, 4.69) is 25.5 Å². The number of nitrogens with one attached hydrogen (secondary N) is 1. The SMILES string of the molecule is COc1ccc(/C=N/Nc2nc3c(N)ncnc3n2C2OC(CO)C(O)C2O)cc1. The summed E-state index contributed by atoms with van der Waals surface area (Å²) in [7, 11) is 1.58. The van der Waals surface area contributed by atoms with Gasteiger partial charge in [-0.15, -0.1) is 0 Å². The molecule has 1 aliphatic rings. The highest BCUT2D eigenvalue weighted by molar-refractivity contribution is 5.84. The van der Waals surface area contributed by atoms with Crippen LogP contribution in [0.25, 0.3) is 11.2 Å². The number of hydrogen-bond acceptors (Lipinski definition) is 11. The Kier molecular flexibility index (Phi) is 5.46. The monoisotopic (exact) mass is 415 g/mol. The molecule has 0 radical (unpaired) electrons. The number of aliphatic hydroxyl groups excluding tert-OH is 3. The molecule has 0 saturated carbocycles. The van der Waals surface area contributed by atoms with Crippen molar-refractivity contribution in [3.05, 3.63) is 36.2 Å². The van der Waals surface area contributed by atoms with Gasteiger partial charge in [0.05, 0.1) is 19.9 Å². The molecule has 158 valence electrons. The van der Waals surface area contributed by atoms with Crippen molar-refractivity contribution in [2.75, 3.05) is 24.9 Å². The van der Waals surface area contributed by atoms with Gasteiger partial charge < -0.3 is 30.5 Å². The molecule has 1 aromatic carbocycles. The number of methoxy groups -OCH3 is 1. The van der Waals surface area contributed by atoms with E-state index in [1.54, 1.807) is 25.5 Å². The van der Waals surface area contributed by atoms with Crippen LogP contribution >= 0.6 is 0 Å². The summed E-state index contributed by atoms with van der Waals surface area (Å²) in [6.45, 7) is -0.461. The fourth-order valence-electron chi connectivity index (χ4n) is 3.19. The van der Waals surface area contributed by atoms with Crippen LogP contribution in [-0.2, 0) is 4.74 Å². The average molecular weight is 415 g/mol. The number of nitrogens with zero attached hydrogens (tertiary/aromatic N) is 5. The average Bonchev–Trinajstić information content (AvgIpc) is 3.26. The summed E-state index contributed by atoms with van der Waals surface area (Å²) in [5.74, 6) is 1.02. The molecule has 3 heterocycles. The molecule has 0 aliphatic carbocycles. The van der Waals surface area contributed by atoms with Crippen LogP contribution in [0.15, 0.2) is 35.7 Å². The molecular formula is C18H21N7O5.